The molecule has 1 aromatic carbocycles. The molecule has 0 aliphatic carbocycles. The summed E-state index contributed by atoms with van der Waals surface area (Å²) < 4.78 is 6.91. The quantitative estimate of drug-likeness (QED) is 0.750. The van der Waals surface area contributed by atoms with Crippen LogP contribution in [0.3, 0.4) is 0 Å². The van der Waals surface area contributed by atoms with E-state index >= 15 is 0 Å². The number of ether oxygens (including phenoxy) is 1. The van der Waals surface area contributed by atoms with Gasteiger partial charge in [0.15, 0.2) is 0 Å². The zero-order valence-electron chi connectivity index (χ0n) is 14.3. The molecule has 0 aliphatic rings. The van der Waals surface area contributed by atoms with Crippen molar-refractivity contribution in [1.82, 2.24) is 20.1 Å². The number of pyridine rings is 1. The number of nitrogens with one attached hydrogen (secondary N) is 1. The summed E-state index contributed by atoms with van der Waals surface area (Å²) in [4.78, 5) is 16.4. The molecule has 0 atom stereocenters. The predicted molar refractivity (Wildman–Crippen MR) is 95.0 cm³/mol. The lowest BCUT2D eigenvalue weighted by Gasteiger charge is -2.08. The van der Waals surface area contributed by atoms with Crippen LogP contribution >= 0.6 is 0 Å². The van der Waals surface area contributed by atoms with Gasteiger partial charge in [-0.25, -0.2) is 0 Å². The first kappa shape index (κ1) is 16.7. The molecular weight excluding hydrogens is 316 g/mol. The Morgan fingerprint density at radius 1 is 1.16 bits per heavy atom. The van der Waals surface area contributed by atoms with Crippen LogP contribution in [-0.2, 0) is 24.8 Å². The Morgan fingerprint density at radius 2 is 1.96 bits per heavy atom. The predicted octanol–water partition coefficient (Wildman–Crippen LogP) is 2.35. The molecule has 3 aromatic rings. The number of methoxy groups -OCH3 is 1. The van der Waals surface area contributed by atoms with E-state index in [0.717, 1.165) is 28.1 Å². The molecule has 1 amide bonds. The Bertz CT molecular complexity index is 856. The maximum atomic E-state index is 12.1. The van der Waals surface area contributed by atoms with E-state index in [1.807, 2.05) is 43.4 Å². The van der Waals surface area contributed by atoms with Crippen molar-refractivity contribution in [2.75, 3.05) is 7.11 Å². The van der Waals surface area contributed by atoms with Gasteiger partial charge in [-0.05, 0) is 35.4 Å². The van der Waals surface area contributed by atoms with Gasteiger partial charge in [-0.2, -0.15) is 5.10 Å². The molecule has 2 aromatic heterocycles. The lowest BCUT2D eigenvalue weighted by molar-refractivity contribution is -0.120. The average Bonchev–Trinajstić information content (AvgIpc) is 3.07. The van der Waals surface area contributed by atoms with E-state index in [-0.39, 0.29) is 5.91 Å². The van der Waals surface area contributed by atoms with Gasteiger partial charge in [-0.1, -0.05) is 12.1 Å². The van der Waals surface area contributed by atoms with Gasteiger partial charge in [0.1, 0.15) is 5.75 Å². The lowest BCUT2D eigenvalue weighted by Crippen LogP contribution is -2.24. The van der Waals surface area contributed by atoms with Gasteiger partial charge in [0.25, 0.3) is 0 Å². The highest BCUT2D eigenvalue weighted by atomic mass is 16.5. The monoisotopic (exact) mass is 336 g/mol. The topological polar surface area (TPSA) is 69.0 Å². The second-order valence-corrected chi connectivity index (χ2v) is 5.72. The summed E-state index contributed by atoms with van der Waals surface area (Å²) in [6.45, 7) is 0.438. The number of hydrogen-bond donors (Lipinski definition) is 1. The highest BCUT2D eigenvalue weighted by molar-refractivity contribution is 5.78. The van der Waals surface area contributed by atoms with Crippen LogP contribution in [-0.4, -0.2) is 27.8 Å². The van der Waals surface area contributed by atoms with Crippen molar-refractivity contribution in [3.05, 3.63) is 66.1 Å². The van der Waals surface area contributed by atoms with Gasteiger partial charge >= 0.3 is 0 Å². The molecule has 0 radical (unpaired) electrons. The van der Waals surface area contributed by atoms with Crippen molar-refractivity contribution in [3.63, 3.8) is 0 Å². The fourth-order valence-corrected chi connectivity index (χ4v) is 2.57. The Kier molecular flexibility index (Phi) is 5.09. The average molecular weight is 336 g/mol. The van der Waals surface area contributed by atoms with Gasteiger partial charge in [-0.3, -0.25) is 14.5 Å². The summed E-state index contributed by atoms with van der Waals surface area (Å²) in [5, 5.41) is 7.10. The Hall–Kier alpha value is -3.15. The van der Waals surface area contributed by atoms with Gasteiger partial charge in [0.05, 0.1) is 19.2 Å². The minimum atomic E-state index is -0.0314. The second kappa shape index (κ2) is 7.61. The number of aryl methyl sites for hydroxylation is 1. The van der Waals surface area contributed by atoms with Crippen LogP contribution in [0.15, 0.2) is 55.0 Å². The minimum absolute atomic E-state index is 0.0314. The zero-order valence-corrected chi connectivity index (χ0v) is 14.3. The van der Waals surface area contributed by atoms with Crippen molar-refractivity contribution in [2.45, 2.75) is 13.0 Å². The van der Waals surface area contributed by atoms with Gasteiger partial charge < -0.3 is 10.1 Å². The molecular formula is C19H20N4O2. The third-order valence-corrected chi connectivity index (χ3v) is 3.92. The molecule has 0 saturated heterocycles. The second-order valence-electron chi connectivity index (χ2n) is 5.72. The first-order valence-corrected chi connectivity index (χ1v) is 7.97. The molecule has 128 valence electrons. The van der Waals surface area contributed by atoms with E-state index in [1.54, 1.807) is 30.4 Å². The number of rotatable bonds is 6. The highest BCUT2D eigenvalue weighted by Gasteiger charge is 2.07. The molecule has 0 unspecified atom stereocenters. The van der Waals surface area contributed by atoms with E-state index < -0.39 is 0 Å². The fraction of sp³-hybridized carbons (Fsp3) is 0.211. The summed E-state index contributed by atoms with van der Waals surface area (Å²) in [7, 11) is 3.51. The Balaban J connectivity index is 1.59. The van der Waals surface area contributed by atoms with Crippen LogP contribution in [0.4, 0.5) is 0 Å². The van der Waals surface area contributed by atoms with Crippen LogP contribution in [0.1, 0.15) is 11.1 Å². The van der Waals surface area contributed by atoms with E-state index in [9.17, 15) is 4.79 Å². The minimum Gasteiger partial charge on any atom is -0.497 e. The summed E-state index contributed by atoms with van der Waals surface area (Å²) in [5.74, 6) is 0.748. The van der Waals surface area contributed by atoms with Crippen molar-refractivity contribution in [1.29, 1.82) is 0 Å². The van der Waals surface area contributed by atoms with E-state index in [1.165, 1.54) is 0 Å². The molecule has 3 rings (SSSR count). The molecule has 6 nitrogen and oxygen atoms in total. The van der Waals surface area contributed by atoms with E-state index in [4.69, 9.17) is 4.74 Å². The number of benzene rings is 1. The van der Waals surface area contributed by atoms with Crippen LogP contribution in [0.2, 0.25) is 0 Å². The number of carbonyl (C=O) groups is 1. The largest absolute Gasteiger partial charge is 0.497 e. The van der Waals surface area contributed by atoms with Crippen molar-refractivity contribution in [3.8, 4) is 17.0 Å². The van der Waals surface area contributed by atoms with Crippen LogP contribution < -0.4 is 10.1 Å². The number of hydrogen-bond acceptors (Lipinski definition) is 4. The summed E-state index contributed by atoms with van der Waals surface area (Å²) in [6, 6.07) is 11.4. The van der Waals surface area contributed by atoms with Crippen molar-refractivity contribution in [2.24, 2.45) is 7.05 Å². The van der Waals surface area contributed by atoms with E-state index in [2.05, 4.69) is 15.4 Å². The molecule has 25 heavy (non-hydrogen) atoms. The standard InChI is InChI=1S/C19H20N4O2/c1-23-18(7-8-22-23)16-9-15(11-20-13-16)12-21-19(24)10-14-3-5-17(25-2)6-4-14/h3-9,11,13H,10,12H2,1-2H3,(H,21,24). The third kappa shape index (κ3) is 4.23. The van der Waals surface area contributed by atoms with Gasteiger partial charge in [0, 0.05) is 37.7 Å². The number of amides is 1. The number of aromatic nitrogens is 3. The number of carbonyl (C=O) groups excluding carboxylic acids is 1. The normalized spacial score (nSPS) is 10.5. The van der Waals surface area contributed by atoms with Gasteiger partial charge in [0.2, 0.25) is 5.91 Å². The first-order chi connectivity index (χ1) is 12.2. The summed E-state index contributed by atoms with van der Waals surface area (Å²) >= 11 is 0. The molecule has 0 saturated carbocycles. The van der Waals surface area contributed by atoms with Crippen LogP contribution in [0.25, 0.3) is 11.3 Å². The molecule has 0 aliphatic heterocycles. The van der Waals surface area contributed by atoms with Crippen molar-refractivity contribution >= 4 is 5.91 Å². The Labute approximate surface area is 146 Å². The summed E-state index contributed by atoms with van der Waals surface area (Å²) in [5.41, 5.74) is 3.85. The smallest absolute Gasteiger partial charge is 0.224 e. The van der Waals surface area contributed by atoms with Gasteiger partial charge in [-0.15, -0.1) is 0 Å². The Morgan fingerprint density at radius 3 is 2.64 bits per heavy atom. The maximum absolute atomic E-state index is 12.1. The van der Waals surface area contributed by atoms with E-state index in [0.29, 0.717) is 13.0 Å². The first-order valence-electron chi connectivity index (χ1n) is 7.97. The maximum Gasteiger partial charge on any atom is 0.224 e. The zero-order chi connectivity index (χ0) is 17.6. The molecule has 2 heterocycles. The SMILES string of the molecule is COc1ccc(CC(=O)NCc2cncc(-c3ccnn3C)c2)cc1. The molecule has 1 N–H and O–H groups in total. The molecule has 0 bridgehead atoms. The fourth-order valence-electron chi connectivity index (χ4n) is 2.57. The molecule has 0 spiro atoms. The molecule has 0 fully saturated rings. The molecule has 6 heteroatoms. The number of nitrogens with zero attached hydrogens (tertiary/aromatic N) is 3. The lowest BCUT2D eigenvalue weighted by atomic mass is 10.1. The van der Waals surface area contributed by atoms with Crippen molar-refractivity contribution < 1.29 is 9.53 Å². The summed E-state index contributed by atoms with van der Waals surface area (Å²) in [6.07, 6.45) is 5.63. The third-order valence-electron chi connectivity index (χ3n) is 3.92. The van der Waals surface area contributed by atoms with Crippen LogP contribution in [0, 0.1) is 0 Å². The highest BCUT2D eigenvalue weighted by Crippen LogP contribution is 2.18. The van der Waals surface area contributed by atoms with Crippen LogP contribution in [0.5, 0.6) is 5.75 Å².